The fourth-order valence-corrected chi connectivity index (χ4v) is 4.30. The molecular formula is C29H30FN3O3. The SMILES string of the molecule is CCN(CC)Cc1ccc(N/C(=C2\C(=O)Nc3cc(F)ccc32)c2ccc(CCC(=O)O)cc2)cc1. The van der Waals surface area contributed by atoms with E-state index in [-0.39, 0.29) is 12.3 Å². The van der Waals surface area contributed by atoms with Crippen molar-refractivity contribution in [1.82, 2.24) is 4.90 Å². The Morgan fingerprint density at radius 3 is 2.28 bits per heavy atom. The summed E-state index contributed by atoms with van der Waals surface area (Å²) in [6, 6.07) is 19.8. The van der Waals surface area contributed by atoms with Crippen molar-refractivity contribution in [2.24, 2.45) is 0 Å². The first kappa shape index (κ1) is 25.1. The molecule has 0 spiro atoms. The number of amides is 1. The van der Waals surface area contributed by atoms with Crippen molar-refractivity contribution in [2.45, 2.75) is 33.2 Å². The lowest BCUT2D eigenvalue weighted by Gasteiger charge is -2.19. The van der Waals surface area contributed by atoms with Crippen LogP contribution < -0.4 is 10.6 Å². The third-order valence-corrected chi connectivity index (χ3v) is 6.37. The van der Waals surface area contributed by atoms with Crippen LogP contribution in [0.25, 0.3) is 11.3 Å². The first-order valence-electron chi connectivity index (χ1n) is 12.1. The van der Waals surface area contributed by atoms with Gasteiger partial charge < -0.3 is 15.7 Å². The number of rotatable bonds is 10. The molecule has 36 heavy (non-hydrogen) atoms. The largest absolute Gasteiger partial charge is 0.481 e. The number of aryl methyl sites for hydroxylation is 1. The number of benzene rings is 3. The molecule has 1 heterocycles. The molecular weight excluding hydrogens is 457 g/mol. The Morgan fingerprint density at radius 1 is 0.972 bits per heavy atom. The molecule has 0 aliphatic carbocycles. The summed E-state index contributed by atoms with van der Waals surface area (Å²) in [5.41, 5.74) is 5.75. The van der Waals surface area contributed by atoms with Crippen molar-refractivity contribution in [3.8, 4) is 0 Å². The fourth-order valence-electron chi connectivity index (χ4n) is 4.30. The number of carboxylic acid groups (broad SMARTS) is 1. The van der Waals surface area contributed by atoms with Crippen LogP contribution >= 0.6 is 0 Å². The number of carbonyl (C=O) groups is 2. The molecule has 1 aliphatic rings. The van der Waals surface area contributed by atoms with Gasteiger partial charge in [-0.3, -0.25) is 14.5 Å². The number of hydrogen-bond donors (Lipinski definition) is 3. The Bertz CT molecular complexity index is 1280. The van der Waals surface area contributed by atoms with Crippen LogP contribution in [0, 0.1) is 5.82 Å². The third-order valence-electron chi connectivity index (χ3n) is 6.37. The molecule has 6 nitrogen and oxygen atoms in total. The molecule has 4 rings (SSSR count). The minimum absolute atomic E-state index is 0.0483. The Morgan fingerprint density at radius 2 is 1.64 bits per heavy atom. The highest BCUT2D eigenvalue weighted by molar-refractivity contribution is 6.37. The minimum Gasteiger partial charge on any atom is -0.481 e. The van der Waals surface area contributed by atoms with Crippen molar-refractivity contribution >= 4 is 34.5 Å². The van der Waals surface area contributed by atoms with E-state index in [1.54, 1.807) is 6.07 Å². The predicted molar refractivity (Wildman–Crippen MR) is 141 cm³/mol. The van der Waals surface area contributed by atoms with Crippen LogP contribution in [0.15, 0.2) is 66.7 Å². The van der Waals surface area contributed by atoms with Gasteiger partial charge >= 0.3 is 5.97 Å². The first-order valence-corrected chi connectivity index (χ1v) is 12.1. The van der Waals surface area contributed by atoms with Crippen LogP contribution in [-0.2, 0) is 22.6 Å². The van der Waals surface area contributed by atoms with Crippen molar-refractivity contribution in [1.29, 1.82) is 0 Å². The molecule has 0 fully saturated rings. The standard InChI is InChI=1S/C29H30FN3O3/c1-3-33(4-2)18-20-7-13-23(14-8-20)31-28(21-10-5-19(6-11-21)9-16-26(34)35)27-24-15-12-22(30)17-25(24)32-29(27)36/h5-8,10-15,17,31H,3-4,9,16,18H2,1-2H3,(H,32,36)(H,34,35)/b28-27-. The summed E-state index contributed by atoms with van der Waals surface area (Å²) in [7, 11) is 0. The van der Waals surface area contributed by atoms with Gasteiger partial charge in [0.1, 0.15) is 5.82 Å². The molecule has 0 saturated carbocycles. The van der Waals surface area contributed by atoms with E-state index >= 15 is 0 Å². The molecule has 0 radical (unpaired) electrons. The van der Waals surface area contributed by atoms with Crippen molar-refractivity contribution in [3.63, 3.8) is 0 Å². The highest BCUT2D eigenvalue weighted by Crippen LogP contribution is 2.38. The van der Waals surface area contributed by atoms with E-state index < -0.39 is 11.8 Å². The van der Waals surface area contributed by atoms with Crippen LogP contribution in [0.3, 0.4) is 0 Å². The number of halogens is 1. The summed E-state index contributed by atoms with van der Waals surface area (Å²) >= 11 is 0. The maximum atomic E-state index is 13.8. The maximum absolute atomic E-state index is 13.8. The van der Waals surface area contributed by atoms with Gasteiger partial charge in [0.2, 0.25) is 0 Å². The van der Waals surface area contributed by atoms with E-state index in [9.17, 15) is 14.0 Å². The highest BCUT2D eigenvalue weighted by Gasteiger charge is 2.28. The Labute approximate surface area is 210 Å². The van der Waals surface area contributed by atoms with Gasteiger partial charge in [-0.2, -0.15) is 0 Å². The Balaban J connectivity index is 1.70. The van der Waals surface area contributed by atoms with Gasteiger partial charge in [0.15, 0.2) is 0 Å². The van der Waals surface area contributed by atoms with E-state index in [2.05, 4.69) is 41.5 Å². The van der Waals surface area contributed by atoms with E-state index in [4.69, 9.17) is 5.11 Å². The lowest BCUT2D eigenvalue weighted by atomic mass is 9.98. The maximum Gasteiger partial charge on any atom is 0.303 e. The van der Waals surface area contributed by atoms with Crippen LogP contribution in [-0.4, -0.2) is 35.0 Å². The molecule has 3 aromatic carbocycles. The third kappa shape index (κ3) is 5.80. The highest BCUT2D eigenvalue weighted by atomic mass is 19.1. The number of hydrogen-bond acceptors (Lipinski definition) is 4. The normalized spacial score (nSPS) is 13.9. The average molecular weight is 488 g/mol. The molecule has 0 saturated heterocycles. The van der Waals surface area contributed by atoms with Crippen LogP contribution in [0.5, 0.6) is 0 Å². The minimum atomic E-state index is -0.848. The number of carboxylic acids is 1. The average Bonchev–Trinajstić information content (AvgIpc) is 3.20. The monoisotopic (exact) mass is 487 g/mol. The smallest absolute Gasteiger partial charge is 0.303 e. The second-order valence-electron chi connectivity index (χ2n) is 8.77. The lowest BCUT2D eigenvalue weighted by molar-refractivity contribution is -0.137. The topological polar surface area (TPSA) is 81.7 Å². The van der Waals surface area contributed by atoms with E-state index in [1.165, 1.54) is 17.7 Å². The lowest BCUT2D eigenvalue weighted by Crippen LogP contribution is -2.22. The number of fused-ring (bicyclic) bond motifs is 1. The van der Waals surface area contributed by atoms with Crippen molar-refractivity contribution < 1.29 is 19.1 Å². The van der Waals surface area contributed by atoms with Crippen LogP contribution in [0.4, 0.5) is 15.8 Å². The second-order valence-corrected chi connectivity index (χ2v) is 8.77. The molecule has 0 aromatic heterocycles. The number of nitrogens with zero attached hydrogens (tertiary/aromatic N) is 1. The molecule has 0 atom stereocenters. The molecule has 1 aliphatic heterocycles. The number of anilines is 2. The predicted octanol–water partition coefficient (Wildman–Crippen LogP) is 5.62. The summed E-state index contributed by atoms with van der Waals surface area (Å²) in [5, 5.41) is 15.2. The van der Waals surface area contributed by atoms with Gasteiger partial charge in [0.05, 0.1) is 17.0 Å². The number of nitrogens with one attached hydrogen (secondary N) is 2. The van der Waals surface area contributed by atoms with Crippen LogP contribution in [0.1, 0.15) is 42.5 Å². The Hall–Kier alpha value is -3.97. The molecule has 0 bridgehead atoms. The molecule has 7 heteroatoms. The van der Waals surface area contributed by atoms with Crippen molar-refractivity contribution in [2.75, 3.05) is 23.7 Å². The van der Waals surface area contributed by atoms with E-state index in [0.29, 0.717) is 28.9 Å². The summed E-state index contributed by atoms with van der Waals surface area (Å²) in [4.78, 5) is 26.3. The van der Waals surface area contributed by atoms with Gasteiger partial charge in [0, 0.05) is 24.2 Å². The zero-order valence-corrected chi connectivity index (χ0v) is 20.5. The summed E-state index contributed by atoms with van der Waals surface area (Å²) in [5.74, 6) is -1.58. The van der Waals surface area contributed by atoms with Crippen LogP contribution in [0.2, 0.25) is 0 Å². The molecule has 0 unspecified atom stereocenters. The molecule has 3 N–H and O–H groups in total. The van der Waals surface area contributed by atoms with Crippen molar-refractivity contribution in [3.05, 3.63) is 94.8 Å². The summed E-state index contributed by atoms with van der Waals surface area (Å²) in [6.07, 6.45) is 0.471. The van der Waals surface area contributed by atoms with Gasteiger partial charge in [-0.1, -0.05) is 50.2 Å². The zero-order valence-electron chi connectivity index (χ0n) is 20.5. The number of carbonyl (C=O) groups excluding carboxylic acids is 1. The van der Waals surface area contributed by atoms with E-state index in [1.807, 2.05) is 36.4 Å². The number of aliphatic carboxylic acids is 1. The Kier molecular flexibility index (Phi) is 7.80. The molecule has 3 aromatic rings. The fraction of sp³-hybridized carbons (Fsp3) is 0.241. The van der Waals surface area contributed by atoms with E-state index in [0.717, 1.165) is 36.4 Å². The molecule has 186 valence electrons. The first-order chi connectivity index (χ1) is 17.4. The van der Waals surface area contributed by atoms with Gasteiger partial charge in [-0.15, -0.1) is 0 Å². The zero-order chi connectivity index (χ0) is 25.7. The van der Waals surface area contributed by atoms with Gasteiger partial charge in [-0.05, 0) is 66.5 Å². The van der Waals surface area contributed by atoms with Gasteiger partial charge in [0.25, 0.3) is 5.91 Å². The quantitative estimate of drug-likeness (QED) is 0.324. The summed E-state index contributed by atoms with van der Waals surface area (Å²) in [6.45, 7) is 7.09. The second kappa shape index (κ2) is 11.2. The molecule has 1 amide bonds. The summed E-state index contributed by atoms with van der Waals surface area (Å²) < 4.78 is 13.8. The van der Waals surface area contributed by atoms with Gasteiger partial charge in [-0.25, -0.2) is 4.39 Å².